The summed E-state index contributed by atoms with van der Waals surface area (Å²) in [5.74, 6) is 0.0966. The molecule has 1 fully saturated rings. The Balaban J connectivity index is 1.41. The molecule has 1 aliphatic rings. The van der Waals surface area contributed by atoms with Crippen molar-refractivity contribution in [3.8, 4) is 0 Å². The van der Waals surface area contributed by atoms with Crippen LogP contribution in [0.2, 0.25) is 0 Å². The Morgan fingerprint density at radius 1 is 1.12 bits per heavy atom. The van der Waals surface area contributed by atoms with Crippen LogP contribution < -0.4 is 5.14 Å². The Morgan fingerprint density at radius 2 is 1.82 bits per heavy atom. The second-order valence-corrected chi connectivity index (χ2v) is 11.1. The van der Waals surface area contributed by atoms with Crippen LogP contribution in [0.3, 0.4) is 0 Å². The number of nitrogens with zero attached hydrogens (tertiary/aromatic N) is 4. The van der Waals surface area contributed by atoms with Crippen LogP contribution in [0.1, 0.15) is 19.4 Å². The number of nitrogens with two attached hydrogens (primary N) is 1. The SMILES string of the molecule is CCn1c(S[C@@H](C)C(=O)N2CCN(Cc3ccccc3)CC2)nc2cc(S(N)(=O)=O)ccc21. The van der Waals surface area contributed by atoms with Crippen LogP contribution >= 0.6 is 11.8 Å². The summed E-state index contributed by atoms with van der Waals surface area (Å²) in [5, 5.41) is 5.66. The average Bonchev–Trinajstić information content (AvgIpc) is 3.15. The van der Waals surface area contributed by atoms with Crippen LogP contribution in [-0.2, 0) is 27.9 Å². The molecule has 10 heteroatoms. The standard InChI is InChI=1S/C23H29N5O3S2/c1-3-28-21-10-9-19(33(24,30)31)15-20(21)25-23(28)32-17(2)22(29)27-13-11-26(12-14-27)16-18-7-5-4-6-8-18/h4-10,15,17H,3,11-14,16H2,1-2H3,(H2,24,30,31)/t17-/m0/s1. The summed E-state index contributed by atoms with van der Waals surface area (Å²) >= 11 is 1.41. The van der Waals surface area contributed by atoms with Crippen molar-refractivity contribution in [2.45, 2.75) is 42.2 Å². The molecule has 0 spiro atoms. The molecule has 2 aromatic carbocycles. The van der Waals surface area contributed by atoms with Crippen molar-refractivity contribution in [2.24, 2.45) is 5.14 Å². The first-order chi connectivity index (χ1) is 15.8. The number of aromatic nitrogens is 2. The van der Waals surface area contributed by atoms with Gasteiger partial charge in [-0.05, 0) is 37.6 Å². The van der Waals surface area contributed by atoms with Crippen LogP contribution in [0.25, 0.3) is 11.0 Å². The Bertz CT molecular complexity index is 1240. The third kappa shape index (κ3) is 5.40. The molecule has 0 unspecified atom stereocenters. The smallest absolute Gasteiger partial charge is 0.238 e. The first-order valence-corrected chi connectivity index (χ1v) is 13.4. The highest BCUT2D eigenvalue weighted by Crippen LogP contribution is 2.29. The zero-order valence-electron chi connectivity index (χ0n) is 18.8. The topological polar surface area (TPSA) is 102 Å². The van der Waals surface area contributed by atoms with Crippen molar-refractivity contribution in [2.75, 3.05) is 26.2 Å². The van der Waals surface area contributed by atoms with Crippen LogP contribution in [0, 0.1) is 0 Å². The largest absolute Gasteiger partial charge is 0.339 e. The van der Waals surface area contributed by atoms with E-state index in [9.17, 15) is 13.2 Å². The van der Waals surface area contributed by atoms with Gasteiger partial charge in [-0.2, -0.15) is 0 Å². The molecule has 0 bridgehead atoms. The number of hydrogen-bond donors (Lipinski definition) is 1. The maximum atomic E-state index is 13.1. The van der Waals surface area contributed by atoms with Crippen molar-refractivity contribution in [1.82, 2.24) is 19.4 Å². The molecular weight excluding hydrogens is 458 g/mol. The van der Waals surface area contributed by atoms with Gasteiger partial charge in [-0.3, -0.25) is 9.69 Å². The van der Waals surface area contributed by atoms with Crippen molar-refractivity contribution in [1.29, 1.82) is 0 Å². The molecule has 176 valence electrons. The predicted molar refractivity (Wildman–Crippen MR) is 130 cm³/mol. The number of primary sulfonamides is 1. The summed E-state index contributed by atoms with van der Waals surface area (Å²) in [6.07, 6.45) is 0. The van der Waals surface area contributed by atoms with Gasteiger partial charge in [0, 0.05) is 39.3 Å². The van der Waals surface area contributed by atoms with E-state index in [0.717, 1.165) is 25.2 Å². The third-order valence-electron chi connectivity index (χ3n) is 5.89. The van der Waals surface area contributed by atoms with E-state index >= 15 is 0 Å². The molecule has 0 radical (unpaired) electrons. The molecule has 8 nitrogen and oxygen atoms in total. The number of hydrogen-bond acceptors (Lipinski definition) is 6. The van der Waals surface area contributed by atoms with E-state index < -0.39 is 10.0 Å². The summed E-state index contributed by atoms with van der Waals surface area (Å²) in [4.78, 5) is 22.1. The normalized spacial score (nSPS) is 16.3. The Morgan fingerprint density at radius 3 is 2.45 bits per heavy atom. The number of carbonyl (C=O) groups excluding carboxylic acids is 1. The van der Waals surface area contributed by atoms with E-state index in [-0.39, 0.29) is 16.1 Å². The van der Waals surface area contributed by atoms with Gasteiger partial charge >= 0.3 is 0 Å². The number of imidazole rings is 1. The molecule has 1 amide bonds. The Hall–Kier alpha value is -2.40. The summed E-state index contributed by atoms with van der Waals surface area (Å²) in [5.41, 5.74) is 2.66. The van der Waals surface area contributed by atoms with Gasteiger partial charge in [-0.1, -0.05) is 42.1 Å². The fraction of sp³-hybridized carbons (Fsp3) is 0.391. The molecular formula is C23H29N5O3S2. The number of sulfonamides is 1. The van der Waals surface area contributed by atoms with Crippen LogP contribution in [0.15, 0.2) is 58.6 Å². The number of aryl methyl sites for hydroxylation is 1. The maximum Gasteiger partial charge on any atom is 0.238 e. The van der Waals surface area contributed by atoms with Crippen molar-refractivity contribution in [3.63, 3.8) is 0 Å². The van der Waals surface area contributed by atoms with Crippen LogP contribution in [-0.4, -0.2) is 65.1 Å². The van der Waals surface area contributed by atoms with Gasteiger partial charge in [-0.25, -0.2) is 18.5 Å². The van der Waals surface area contributed by atoms with Crippen LogP contribution in [0.4, 0.5) is 0 Å². The van der Waals surface area contributed by atoms with Crippen molar-refractivity contribution < 1.29 is 13.2 Å². The average molecular weight is 488 g/mol. The first kappa shape index (κ1) is 23.7. The van der Waals surface area contributed by atoms with E-state index in [0.29, 0.717) is 30.3 Å². The summed E-state index contributed by atoms with van der Waals surface area (Å²) < 4.78 is 25.4. The molecule has 2 N–H and O–H groups in total. The fourth-order valence-electron chi connectivity index (χ4n) is 4.09. The molecule has 1 atom stereocenters. The van der Waals surface area contributed by atoms with Gasteiger partial charge in [0.05, 0.1) is 21.2 Å². The van der Waals surface area contributed by atoms with Gasteiger partial charge in [0.1, 0.15) is 0 Å². The molecule has 3 aromatic rings. The minimum Gasteiger partial charge on any atom is -0.339 e. The number of thioether (sulfide) groups is 1. The number of benzene rings is 2. The zero-order chi connectivity index (χ0) is 23.6. The predicted octanol–water partition coefficient (Wildman–Crippen LogP) is 2.53. The second kappa shape index (κ2) is 9.84. The first-order valence-electron chi connectivity index (χ1n) is 11.0. The summed E-state index contributed by atoms with van der Waals surface area (Å²) in [6.45, 7) is 8.57. The summed E-state index contributed by atoms with van der Waals surface area (Å²) in [7, 11) is -3.80. The van der Waals surface area contributed by atoms with E-state index in [1.54, 1.807) is 6.07 Å². The molecule has 1 saturated heterocycles. The molecule has 33 heavy (non-hydrogen) atoms. The lowest BCUT2D eigenvalue weighted by Gasteiger charge is -2.35. The van der Waals surface area contributed by atoms with Gasteiger partial charge < -0.3 is 9.47 Å². The van der Waals surface area contributed by atoms with E-state index in [4.69, 9.17) is 5.14 Å². The quantitative estimate of drug-likeness (QED) is 0.514. The number of piperazine rings is 1. The molecule has 4 rings (SSSR count). The fourth-order valence-corrected chi connectivity index (χ4v) is 5.70. The molecule has 0 aliphatic carbocycles. The maximum absolute atomic E-state index is 13.1. The molecule has 1 aliphatic heterocycles. The summed E-state index contributed by atoms with van der Waals surface area (Å²) in [6, 6.07) is 15.1. The highest BCUT2D eigenvalue weighted by atomic mass is 32.2. The van der Waals surface area contributed by atoms with Gasteiger partial charge in [0.25, 0.3) is 0 Å². The number of rotatable bonds is 7. The molecule has 2 heterocycles. The monoisotopic (exact) mass is 487 g/mol. The minimum atomic E-state index is -3.80. The Kier molecular flexibility index (Phi) is 7.08. The third-order valence-corrected chi connectivity index (χ3v) is 7.88. The highest BCUT2D eigenvalue weighted by Gasteiger charge is 2.27. The van der Waals surface area contributed by atoms with Crippen LogP contribution in [0.5, 0.6) is 0 Å². The van der Waals surface area contributed by atoms with Gasteiger partial charge in [-0.15, -0.1) is 0 Å². The molecule has 0 saturated carbocycles. The van der Waals surface area contributed by atoms with Crippen molar-refractivity contribution in [3.05, 3.63) is 54.1 Å². The van der Waals surface area contributed by atoms with Crippen molar-refractivity contribution >= 4 is 38.7 Å². The second-order valence-electron chi connectivity index (χ2n) is 8.18. The number of carbonyl (C=O) groups is 1. The highest BCUT2D eigenvalue weighted by molar-refractivity contribution is 8.00. The number of amides is 1. The van der Waals surface area contributed by atoms with E-state index in [1.165, 1.54) is 29.5 Å². The lowest BCUT2D eigenvalue weighted by Crippen LogP contribution is -2.50. The van der Waals surface area contributed by atoms with Gasteiger partial charge in [0.2, 0.25) is 15.9 Å². The zero-order valence-corrected chi connectivity index (χ0v) is 20.5. The van der Waals surface area contributed by atoms with E-state index in [1.807, 2.05) is 41.5 Å². The Labute approximate surface area is 198 Å². The minimum absolute atomic E-state index is 0.0322. The van der Waals surface area contributed by atoms with Gasteiger partial charge in [0.15, 0.2) is 5.16 Å². The van der Waals surface area contributed by atoms with E-state index in [2.05, 4.69) is 22.0 Å². The lowest BCUT2D eigenvalue weighted by molar-refractivity contribution is -0.132. The molecule has 1 aromatic heterocycles. The number of fused-ring (bicyclic) bond motifs is 1. The lowest BCUT2D eigenvalue weighted by atomic mass is 10.2.